The Balaban J connectivity index is 2.41. The lowest BCUT2D eigenvalue weighted by atomic mass is 10.1. The number of nitrogens with zero attached hydrogens (tertiary/aromatic N) is 1. The van der Waals surface area contributed by atoms with E-state index >= 15 is 0 Å². The molecule has 0 aliphatic heterocycles. The first-order valence-electron chi connectivity index (χ1n) is 5.96. The molecule has 0 spiro atoms. The minimum Gasteiger partial charge on any atom is -0.388 e. The standard InChI is InChI=1S/C13H20N2OS/c1-3-4-10(2)8-16-9-11-5-6-15-12(7-11)13(14)17/h5-7,10H,3-4,8-9H2,1-2H3,(H2,14,17). The highest BCUT2D eigenvalue weighted by molar-refractivity contribution is 7.80. The predicted octanol–water partition coefficient (Wildman–Crippen LogP) is 2.67. The third kappa shape index (κ3) is 5.24. The molecule has 0 aromatic carbocycles. The molecule has 0 aliphatic rings. The summed E-state index contributed by atoms with van der Waals surface area (Å²) in [5.41, 5.74) is 7.24. The molecule has 0 fully saturated rings. The summed E-state index contributed by atoms with van der Waals surface area (Å²) in [6.45, 7) is 5.77. The van der Waals surface area contributed by atoms with Crippen LogP contribution < -0.4 is 5.73 Å². The monoisotopic (exact) mass is 252 g/mol. The van der Waals surface area contributed by atoms with E-state index < -0.39 is 0 Å². The van der Waals surface area contributed by atoms with Gasteiger partial charge < -0.3 is 10.5 Å². The van der Waals surface area contributed by atoms with Crippen molar-refractivity contribution in [3.05, 3.63) is 29.6 Å². The van der Waals surface area contributed by atoms with Crippen LogP contribution in [0.5, 0.6) is 0 Å². The first-order valence-corrected chi connectivity index (χ1v) is 6.36. The molecule has 2 N–H and O–H groups in total. The summed E-state index contributed by atoms with van der Waals surface area (Å²) in [5.74, 6) is 0.608. The van der Waals surface area contributed by atoms with Crippen molar-refractivity contribution in [2.75, 3.05) is 6.61 Å². The maximum Gasteiger partial charge on any atom is 0.122 e. The molecule has 1 aromatic rings. The molecule has 1 aromatic heterocycles. The van der Waals surface area contributed by atoms with E-state index in [1.165, 1.54) is 12.8 Å². The van der Waals surface area contributed by atoms with Crippen molar-refractivity contribution in [2.24, 2.45) is 11.7 Å². The molecule has 1 atom stereocenters. The van der Waals surface area contributed by atoms with Gasteiger partial charge in [0.1, 0.15) is 4.99 Å². The Hall–Kier alpha value is -1.00. The molecule has 0 saturated heterocycles. The van der Waals surface area contributed by atoms with Gasteiger partial charge in [-0.25, -0.2) is 0 Å². The van der Waals surface area contributed by atoms with Crippen LogP contribution in [0.4, 0.5) is 0 Å². The molecule has 94 valence electrons. The van der Waals surface area contributed by atoms with E-state index in [9.17, 15) is 0 Å². The molecule has 4 heteroatoms. The maximum absolute atomic E-state index is 5.66. The number of pyridine rings is 1. The Kier molecular flexibility index (Phi) is 6.08. The molecule has 3 nitrogen and oxygen atoms in total. The third-order valence-electron chi connectivity index (χ3n) is 2.53. The number of nitrogens with two attached hydrogens (primary N) is 1. The maximum atomic E-state index is 5.66. The Morgan fingerprint density at radius 2 is 2.35 bits per heavy atom. The van der Waals surface area contributed by atoms with E-state index in [0.29, 0.717) is 23.2 Å². The van der Waals surface area contributed by atoms with Gasteiger partial charge in [-0.2, -0.15) is 0 Å². The van der Waals surface area contributed by atoms with Crippen LogP contribution in [0.15, 0.2) is 18.3 Å². The summed E-state index contributed by atoms with van der Waals surface area (Å²) in [6.07, 6.45) is 4.11. The molecular formula is C13H20N2OS. The Labute approximate surface area is 108 Å². The number of aromatic nitrogens is 1. The van der Waals surface area contributed by atoms with E-state index in [0.717, 1.165) is 12.2 Å². The predicted molar refractivity (Wildman–Crippen MR) is 73.9 cm³/mol. The summed E-state index contributed by atoms with van der Waals surface area (Å²) in [5, 5.41) is 0. The summed E-state index contributed by atoms with van der Waals surface area (Å²) in [4.78, 5) is 4.41. The second-order valence-corrected chi connectivity index (χ2v) is 4.76. The van der Waals surface area contributed by atoms with Crippen LogP contribution >= 0.6 is 12.2 Å². The van der Waals surface area contributed by atoms with Crippen LogP contribution in [0.3, 0.4) is 0 Å². The van der Waals surface area contributed by atoms with Gasteiger partial charge in [0.05, 0.1) is 12.3 Å². The Morgan fingerprint density at radius 3 is 3.00 bits per heavy atom. The third-order valence-corrected chi connectivity index (χ3v) is 2.74. The van der Waals surface area contributed by atoms with Gasteiger partial charge in [0.25, 0.3) is 0 Å². The summed E-state index contributed by atoms with van der Waals surface area (Å²) < 4.78 is 5.66. The van der Waals surface area contributed by atoms with Gasteiger partial charge in [-0.3, -0.25) is 4.98 Å². The largest absolute Gasteiger partial charge is 0.388 e. The van der Waals surface area contributed by atoms with Crippen molar-refractivity contribution < 1.29 is 4.74 Å². The van der Waals surface area contributed by atoms with Gasteiger partial charge in [-0.1, -0.05) is 32.5 Å². The van der Waals surface area contributed by atoms with Gasteiger partial charge in [0, 0.05) is 12.8 Å². The lowest BCUT2D eigenvalue weighted by Crippen LogP contribution is -2.12. The Bertz CT molecular complexity index is 368. The van der Waals surface area contributed by atoms with Crippen LogP contribution in [0, 0.1) is 5.92 Å². The molecule has 0 bridgehead atoms. The average molecular weight is 252 g/mol. The number of hydrogen-bond donors (Lipinski definition) is 1. The average Bonchev–Trinajstić information content (AvgIpc) is 2.30. The lowest BCUT2D eigenvalue weighted by molar-refractivity contribution is 0.0893. The number of rotatable bonds is 7. The fourth-order valence-electron chi connectivity index (χ4n) is 1.65. The highest BCUT2D eigenvalue weighted by Gasteiger charge is 2.03. The van der Waals surface area contributed by atoms with E-state index in [-0.39, 0.29) is 0 Å². The smallest absolute Gasteiger partial charge is 0.122 e. The Morgan fingerprint density at radius 1 is 1.59 bits per heavy atom. The minimum atomic E-state index is 0.325. The van der Waals surface area contributed by atoms with Crippen LogP contribution in [0.25, 0.3) is 0 Å². The van der Waals surface area contributed by atoms with Gasteiger partial charge in [0.2, 0.25) is 0 Å². The number of hydrogen-bond acceptors (Lipinski definition) is 3. The van der Waals surface area contributed by atoms with Crippen LogP contribution in [-0.4, -0.2) is 16.6 Å². The zero-order valence-electron chi connectivity index (χ0n) is 10.5. The zero-order valence-corrected chi connectivity index (χ0v) is 11.3. The van der Waals surface area contributed by atoms with E-state index in [1.54, 1.807) is 6.20 Å². The minimum absolute atomic E-state index is 0.325. The van der Waals surface area contributed by atoms with Gasteiger partial charge in [-0.05, 0) is 30.0 Å². The van der Waals surface area contributed by atoms with Gasteiger partial charge >= 0.3 is 0 Å². The molecule has 1 heterocycles. The van der Waals surface area contributed by atoms with Crippen molar-refractivity contribution in [2.45, 2.75) is 33.3 Å². The van der Waals surface area contributed by atoms with E-state index in [1.807, 2.05) is 12.1 Å². The SMILES string of the molecule is CCCC(C)COCc1ccnc(C(N)=S)c1. The van der Waals surface area contributed by atoms with E-state index in [2.05, 4.69) is 18.8 Å². The number of thiocarbonyl (C=S) groups is 1. The summed E-state index contributed by atoms with van der Waals surface area (Å²) >= 11 is 4.88. The molecule has 17 heavy (non-hydrogen) atoms. The van der Waals surface area contributed by atoms with Crippen molar-refractivity contribution in [1.29, 1.82) is 0 Å². The van der Waals surface area contributed by atoms with Crippen molar-refractivity contribution >= 4 is 17.2 Å². The fourth-order valence-corrected chi connectivity index (χ4v) is 1.76. The van der Waals surface area contributed by atoms with Crippen molar-refractivity contribution in [1.82, 2.24) is 4.98 Å². The second kappa shape index (κ2) is 7.35. The topological polar surface area (TPSA) is 48.1 Å². The summed E-state index contributed by atoms with van der Waals surface area (Å²) in [6, 6.07) is 3.80. The zero-order chi connectivity index (χ0) is 12.7. The van der Waals surface area contributed by atoms with Crippen LogP contribution in [0.1, 0.15) is 37.9 Å². The lowest BCUT2D eigenvalue weighted by Gasteiger charge is -2.11. The van der Waals surface area contributed by atoms with Gasteiger partial charge in [-0.15, -0.1) is 0 Å². The van der Waals surface area contributed by atoms with E-state index in [4.69, 9.17) is 22.7 Å². The molecular weight excluding hydrogens is 232 g/mol. The fraction of sp³-hybridized carbons (Fsp3) is 0.538. The van der Waals surface area contributed by atoms with Crippen molar-refractivity contribution in [3.63, 3.8) is 0 Å². The highest BCUT2D eigenvalue weighted by Crippen LogP contribution is 2.08. The quantitative estimate of drug-likeness (QED) is 0.758. The molecule has 0 aliphatic carbocycles. The molecule has 1 rings (SSSR count). The normalized spacial score (nSPS) is 12.4. The second-order valence-electron chi connectivity index (χ2n) is 4.32. The first kappa shape index (κ1) is 14.1. The molecule has 1 unspecified atom stereocenters. The van der Waals surface area contributed by atoms with Crippen LogP contribution in [-0.2, 0) is 11.3 Å². The van der Waals surface area contributed by atoms with Crippen molar-refractivity contribution in [3.8, 4) is 0 Å². The molecule has 0 amide bonds. The molecule has 0 saturated carbocycles. The first-order chi connectivity index (χ1) is 8.13. The van der Waals surface area contributed by atoms with Gasteiger partial charge in [0.15, 0.2) is 0 Å². The highest BCUT2D eigenvalue weighted by atomic mass is 32.1. The van der Waals surface area contributed by atoms with Crippen LogP contribution in [0.2, 0.25) is 0 Å². The number of ether oxygens (including phenoxy) is 1. The summed E-state index contributed by atoms with van der Waals surface area (Å²) in [7, 11) is 0. The molecule has 0 radical (unpaired) electrons.